The predicted molar refractivity (Wildman–Crippen MR) is 97.3 cm³/mol. The molecule has 5 heteroatoms. The highest BCUT2D eigenvalue weighted by Crippen LogP contribution is 2.09. The van der Waals surface area contributed by atoms with E-state index in [-0.39, 0.29) is 0 Å². The lowest BCUT2D eigenvalue weighted by Crippen LogP contribution is -2.46. The van der Waals surface area contributed by atoms with E-state index in [1.165, 1.54) is 5.96 Å². The number of alkyl halides is 1. The lowest BCUT2D eigenvalue weighted by atomic mass is 10.3. The largest absolute Gasteiger partial charge is 0.493 e. The van der Waals surface area contributed by atoms with Gasteiger partial charge in [0.05, 0.1) is 47.9 Å². The molecule has 0 heterocycles. The maximum absolute atomic E-state index is 5.79. The second-order valence-electron chi connectivity index (χ2n) is 5.63. The van der Waals surface area contributed by atoms with Crippen LogP contribution in [0.15, 0.2) is 30.3 Å². The smallest absolute Gasteiger partial charge is 0.349 e. The van der Waals surface area contributed by atoms with Crippen LogP contribution in [0.3, 0.4) is 0 Å². The first kappa shape index (κ1) is 18.8. The molecule has 1 aromatic carbocycles. The fraction of sp³-hybridized carbons (Fsp3) is 0.588. The van der Waals surface area contributed by atoms with E-state index < -0.39 is 0 Å². The molecule has 0 radical (unpaired) electrons. The number of para-hydroxylation sites is 1. The summed E-state index contributed by atoms with van der Waals surface area (Å²) in [6.45, 7) is 2.77. The van der Waals surface area contributed by atoms with Gasteiger partial charge in [-0.3, -0.25) is 14.4 Å². The third kappa shape index (κ3) is 6.69. The third-order valence-corrected chi connectivity index (χ3v) is 3.79. The van der Waals surface area contributed by atoms with Gasteiger partial charge >= 0.3 is 5.96 Å². The Morgan fingerprint density at radius 1 is 1.09 bits per heavy atom. The zero-order valence-corrected chi connectivity index (χ0v) is 15.8. The zero-order chi connectivity index (χ0) is 16.4. The number of ether oxygens (including phenoxy) is 1. The van der Waals surface area contributed by atoms with E-state index in [1.807, 2.05) is 30.3 Å². The fourth-order valence-corrected chi connectivity index (χ4v) is 2.74. The summed E-state index contributed by atoms with van der Waals surface area (Å²) < 4.78 is 7.96. The zero-order valence-electron chi connectivity index (χ0n) is 14.3. The van der Waals surface area contributed by atoms with Gasteiger partial charge in [0.15, 0.2) is 0 Å². The molecule has 124 valence electrons. The Kier molecular flexibility index (Phi) is 8.97. The molecule has 0 spiro atoms. The number of hydrogen-bond acceptors (Lipinski definition) is 1. The van der Waals surface area contributed by atoms with Crippen molar-refractivity contribution in [3.05, 3.63) is 30.3 Å². The lowest BCUT2D eigenvalue weighted by Gasteiger charge is -2.25. The molecule has 0 N–H and O–H groups in total. The topological polar surface area (TPSA) is 18.7 Å². The quantitative estimate of drug-likeness (QED) is 0.230. The third-order valence-electron chi connectivity index (χ3n) is 3.23. The molecule has 1 rings (SSSR count). The Balaban J connectivity index is 2.52. The summed E-state index contributed by atoms with van der Waals surface area (Å²) in [5.41, 5.74) is 0. The summed E-state index contributed by atoms with van der Waals surface area (Å²) in [7, 11) is 8.38. The molecule has 0 fully saturated rings. The first-order chi connectivity index (χ1) is 10.6. The molecule has 0 bridgehead atoms. The van der Waals surface area contributed by atoms with Crippen LogP contribution in [0.2, 0.25) is 0 Å². The fourth-order valence-electron chi connectivity index (χ4n) is 2.49. The van der Waals surface area contributed by atoms with Crippen LogP contribution in [0, 0.1) is 0 Å². The van der Waals surface area contributed by atoms with E-state index in [4.69, 9.17) is 4.74 Å². The van der Waals surface area contributed by atoms with Crippen molar-refractivity contribution in [3.63, 3.8) is 0 Å². The number of nitrogens with zero attached hydrogens (tertiary/aromatic N) is 3. The van der Waals surface area contributed by atoms with Crippen LogP contribution >= 0.6 is 15.9 Å². The maximum atomic E-state index is 5.79. The van der Waals surface area contributed by atoms with Crippen LogP contribution in [0.25, 0.3) is 0 Å². The van der Waals surface area contributed by atoms with Gasteiger partial charge in [-0.1, -0.05) is 34.1 Å². The Hall–Kier alpha value is -1.23. The number of guanidine groups is 1. The van der Waals surface area contributed by atoms with Crippen molar-refractivity contribution in [3.8, 4) is 5.75 Å². The average molecular weight is 371 g/mol. The Labute approximate surface area is 143 Å². The summed E-state index contributed by atoms with van der Waals surface area (Å²) >= 11 is 3.53. The van der Waals surface area contributed by atoms with Crippen LogP contribution in [0.5, 0.6) is 5.75 Å². The molecule has 0 aliphatic heterocycles. The van der Waals surface area contributed by atoms with Gasteiger partial charge in [-0.15, -0.1) is 0 Å². The standard InChI is InChI=1S/C17H29BrN3O/c1-19(2)17(20(3)4)21(13-8-12-18)14-9-15-22-16-10-6-5-7-11-16/h5-7,10-11H,8-9,12-15H2,1-4H3/q+1. The van der Waals surface area contributed by atoms with Gasteiger partial charge in [0.1, 0.15) is 5.75 Å². The molecule has 4 nitrogen and oxygen atoms in total. The van der Waals surface area contributed by atoms with E-state index in [0.29, 0.717) is 0 Å². The van der Waals surface area contributed by atoms with Gasteiger partial charge in [-0.2, -0.15) is 0 Å². The molecule has 22 heavy (non-hydrogen) atoms. The Morgan fingerprint density at radius 2 is 1.73 bits per heavy atom. The van der Waals surface area contributed by atoms with Gasteiger partial charge in [0.2, 0.25) is 0 Å². The highest BCUT2D eigenvalue weighted by molar-refractivity contribution is 9.09. The normalized spacial score (nSPS) is 10.2. The monoisotopic (exact) mass is 370 g/mol. The minimum Gasteiger partial charge on any atom is -0.493 e. The minimum absolute atomic E-state index is 0.739. The van der Waals surface area contributed by atoms with Gasteiger partial charge in [0.25, 0.3) is 0 Å². The van der Waals surface area contributed by atoms with Crippen molar-refractivity contribution in [2.75, 3.05) is 53.2 Å². The van der Waals surface area contributed by atoms with E-state index in [0.717, 1.165) is 43.6 Å². The maximum Gasteiger partial charge on any atom is 0.349 e. The van der Waals surface area contributed by atoms with E-state index in [1.54, 1.807) is 0 Å². The molecule has 0 amide bonds. The molecular weight excluding hydrogens is 342 g/mol. The number of benzene rings is 1. The molecule has 0 saturated carbocycles. The molecule has 0 saturated heterocycles. The van der Waals surface area contributed by atoms with Crippen molar-refractivity contribution in [2.45, 2.75) is 12.8 Å². The lowest BCUT2D eigenvalue weighted by molar-refractivity contribution is -0.476. The van der Waals surface area contributed by atoms with Gasteiger partial charge < -0.3 is 4.74 Å². The molecule has 0 atom stereocenters. The van der Waals surface area contributed by atoms with Crippen LogP contribution in [-0.2, 0) is 0 Å². The second-order valence-corrected chi connectivity index (χ2v) is 6.43. The number of hydrogen-bond donors (Lipinski definition) is 0. The predicted octanol–water partition coefficient (Wildman–Crippen LogP) is 2.73. The summed E-state index contributed by atoms with van der Waals surface area (Å²) in [5.74, 6) is 2.18. The Bertz CT molecular complexity index is 444. The van der Waals surface area contributed by atoms with Gasteiger partial charge in [0, 0.05) is 11.8 Å². The molecule has 0 aliphatic carbocycles. The first-order valence-corrected chi connectivity index (χ1v) is 8.88. The number of rotatable bonds is 8. The van der Waals surface area contributed by atoms with Crippen LogP contribution in [-0.4, -0.2) is 73.6 Å². The summed E-state index contributed by atoms with van der Waals surface area (Å²) in [5, 5.41) is 1.03. The van der Waals surface area contributed by atoms with E-state index >= 15 is 0 Å². The number of halogens is 1. The molecule has 0 aliphatic rings. The van der Waals surface area contributed by atoms with Crippen molar-refractivity contribution in [2.24, 2.45) is 0 Å². The molecule has 0 unspecified atom stereocenters. The van der Waals surface area contributed by atoms with Gasteiger partial charge in [-0.25, -0.2) is 0 Å². The summed E-state index contributed by atoms with van der Waals surface area (Å²) in [4.78, 5) is 4.60. The van der Waals surface area contributed by atoms with Crippen LogP contribution in [0.1, 0.15) is 12.8 Å². The summed E-state index contributed by atoms with van der Waals surface area (Å²) in [6, 6.07) is 10.0. The molecule has 1 aromatic rings. The van der Waals surface area contributed by atoms with Crippen LogP contribution < -0.4 is 4.74 Å². The first-order valence-electron chi connectivity index (χ1n) is 7.76. The molecule has 0 aromatic heterocycles. The molecular formula is C17H29BrN3O+. The van der Waals surface area contributed by atoms with E-state index in [9.17, 15) is 0 Å². The highest BCUT2D eigenvalue weighted by atomic mass is 79.9. The second kappa shape index (κ2) is 10.5. The average Bonchev–Trinajstić information content (AvgIpc) is 2.49. The van der Waals surface area contributed by atoms with Crippen molar-refractivity contribution in [1.82, 2.24) is 9.80 Å². The van der Waals surface area contributed by atoms with Crippen molar-refractivity contribution >= 4 is 21.9 Å². The Morgan fingerprint density at radius 3 is 2.27 bits per heavy atom. The highest BCUT2D eigenvalue weighted by Gasteiger charge is 2.21. The van der Waals surface area contributed by atoms with E-state index in [2.05, 4.69) is 58.5 Å². The SMILES string of the molecule is CN(C)C(N(CCCBr)CCCOc1ccccc1)=[N+](C)C. The van der Waals surface area contributed by atoms with Gasteiger partial charge in [-0.05, 0) is 18.6 Å². The van der Waals surface area contributed by atoms with Crippen molar-refractivity contribution in [1.29, 1.82) is 0 Å². The summed E-state index contributed by atoms with van der Waals surface area (Å²) in [6.07, 6.45) is 2.13. The van der Waals surface area contributed by atoms with Crippen molar-refractivity contribution < 1.29 is 9.31 Å². The van der Waals surface area contributed by atoms with Crippen LogP contribution in [0.4, 0.5) is 0 Å². The minimum atomic E-state index is 0.739.